The van der Waals surface area contributed by atoms with Crippen molar-refractivity contribution in [3.63, 3.8) is 0 Å². The van der Waals surface area contributed by atoms with Crippen LogP contribution in [0.3, 0.4) is 0 Å². The number of amides is 1. The topological polar surface area (TPSA) is 35.6 Å². The number of hydrogen-bond donors (Lipinski definition) is 1. The number of nitrogens with one attached hydrogen (secondary N) is 1. The summed E-state index contributed by atoms with van der Waals surface area (Å²) in [6.45, 7) is 10.9. The van der Waals surface area contributed by atoms with Gasteiger partial charge in [-0.25, -0.2) is 0 Å². The molecule has 1 amide bonds. The molecule has 1 aliphatic rings. The molecule has 4 nitrogen and oxygen atoms in total. The zero-order valence-corrected chi connectivity index (χ0v) is 16.0. The molecule has 2 aromatic rings. The number of nitrogens with zero attached hydrogens (tertiary/aromatic N) is 2. The lowest BCUT2D eigenvalue weighted by molar-refractivity contribution is 0.102. The maximum Gasteiger partial charge on any atom is 0.255 e. The first-order valence-electron chi connectivity index (χ1n) is 9.56. The quantitative estimate of drug-likeness (QED) is 0.883. The van der Waals surface area contributed by atoms with Crippen molar-refractivity contribution in [3.8, 4) is 0 Å². The highest BCUT2D eigenvalue weighted by Gasteiger charge is 2.19. The first kappa shape index (κ1) is 18.5. The Bertz CT molecular complexity index is 714. The summed E-state index contributed by atoms with van der Waals surface area (Å²) in [7, 11) is 0. The highest BCUT2D eigenvalue weighted by molar-refractivity contribution is 6.04. The second kappa shape index (κ2) is 8.37. The lowest BCUT2D eigenvalue weighted by Crippen LogP contribution is -2.48. The molecule has 0 saturated carbocycles. The second-order valence-corrected chi connectivity index (χ2v) is 7.17. The van der Waals surface area contributed by atoms with E-state index in [0.717, 1.165) is 38.3 Å². The van der Waals surface area contributed by atoms with E-state index in [2.05, 4.69) is 60.2 Å². The maximum atomic E-state index is 12.4. The molecule has 138 valence electrons. The highest BCUT2D eigenvalue weighted by Crippen LogP contribution is 2.19. The number of hydrogen-bond acceptors (Lipinski definition) is 3. The molecule has 2 aromatic carbocycles. The molecule has 1 fully saturated rings. The molecule has 1 aliphatic heterocycles. The summed E-state index contributed by atoms with van der Waals surface area (Å²) in [5, 5.41) is 2.97. The monoisotopic (exact) mass is 351 g/mol. The molecule has 1 heterocycles. The number of anilines is 2. The van der Waals surface area contributed by atoms with Gasteiger partial charge in [-0.3, -0.25) is 9.69 Å². The van der Waals surface area contributed by atoms with Gasteiger partial charge in [0.25, 0.3) is 5.91 Å². The Kier molecular flexibility index (Phi) is 5.94. The second-order valence-electron chi connectivity index (χ2n) is 7.17. The van der Waals surface area contributed by atoms with Crippen LogP contribution in [0.25, 0.3) is 0 Å². The molecule has 0 aromatic heterocycles. The van der Waals surface area contributed by atoms with E-state index in [-0.39, 0.29) is 5.91 Å². The minimum Gasteiger partial charge on any atom is -0.369 e. The van der Waals surface area contributed by atoms with Gasteiger partial charge in [0.05, 0.1) is 0 Å². The van der Waals surface area contributed by atoms with Crippen LogP contribution in [0.5, 0.6) is 0 Å². The van der Waals surface area contributed by atoms with Gasteiger partial charge < -0.3 is 10.2 Å². The third-order valence-corrected chi connectivity index (χ3v) is 5.16. The molecule has 0 bridgehead atoms. The lowest BCUT2D eigenvalue weighted by atomic mass is 10.1. The molecule has 1 N–H and O–H groups in total. The average Bonchev–Trinajstić information content (AvgIpc) is 2.69. The zero-order chi connectivity index (χ0) is 18.5. The van der Waals surface area contributed by atoms with Crippen LogP contribution < -0.4 is 10.2 Å². The van der Waals surface area contributed by atoms with Crippen LogP contribution in [-0.4, -0.2) is 43.0 Å². The number of carbonyl (C=O) groups is 1. The van der Waals surface area contributed by atoms with Gasteiger partial charge in [-0.15, -0.1) is 0 Å². The van der Waals surface area contributed by atoms with Crippen LogP contribution in [-0.2, 0) is 6.42 Å². The van der Waals surface area contributed by atoms with E-state index >= 15 is 0 Å². The van der Waals surface area contributed by atoms with E-state index in [0.29, 0.717) is 11.6 Å². The van der Waals surface area contributed by atoms with Gasteiger partial charge in [-0.2, -0.15) is 0 Å². The van der Waals surface area contributed by atoms with E-state index < -0.39 is 0 Å². The molecule has 0 unspecified atom stereocenters. The third kappa shape index (κ3) is 4.44. The highest BCUT2D eigenvalue weighted by atomic mass is 16.1. The van der Waals surface area contributed by atoms with Gasteiger partial charge >= 0.3 is 0 Å². The fourth-order valence-corrected chi connectivity index (χ4v) is 3.35. The van der Waals surface area contributed by atoms with Crippen molar-refractivity contribution < 1.29 is 4.79 Å². The molecule has 26 heavy (non-hydrogen) atoms. The van der Waals surface area contributed by atoms with Crippen LogP contribution in [0.2, 0.25) is 0 Å². The Balaban J connectivity index is 1.59. The summed E-state index contributed by atoms with van der Waals surface area (Å²) >= 11 is 0. The predicted octanol–water partition coefficient (Wildman–Crippen LogP) is 4.03. The lowest BCUT2D eigenvalue weighted by Gasteiger charge is -2.38. The van der Waals surface area contributed by atoms with Crippen LogP contribution >= 0.6 is 0 Å². The predicted molar refractivity (Wildman–Crippen MR) is 109 cm³/mol. The zero-order valence-electron chi connectivity index (χ0n) is 16.0. The van der Waals surface area contributed by atoms with Crippen molar-refractivity contribution in [3.05, 3.63) is 59.7 Å². The molecule has 0 aliphatic carbocycles. The summed E-state index contributed by atoms with van der Waals surface area (Å²) in [6, 6.07) is 16.6. The Labute approximate surface area is 156 Å². The van der Waals surface area contributed by atoms with Gasteiger partial charge in [0.1, 0.15) is 0 Å². The molecule has 0 atom stereocenters. The van der Waals surface area contributed by atoms with Gasteiger partial charge in [0.2, 0.25) is 0 Å². The number of benzene rings is 2. The Morgan fingerprint density at radius 3 is 2.12 bits per heavy atom. The molecular formula is C22H29N3O. The van der Waals surface area contributed by atoms with E-state index in [1.54, 1.807) is 0 Å². The number of piperazine rings is 1. The first-order chi connectivity index (χ1) is 12.6. The minimum atomic E-state index is -0.0644. The Hall–Kier alpha value is -2.33. The Morgan fingerprint density at radius 2 is 1.58 bits per heavy atom. The summed E-state index contributed by atoms with van der Waals surface area (Å²) in [5.41, 5.74) is 3.98. The summed E-state index contributed by atoms with van der Waals surface area (Å²) in [6.07, 6.45) is 1.00. The SMILES string of the molecule is CCc1ccc(NC(=O)c2ccc(N3CCN(C(C)C)CC3)cc2)cc1. The molecule has 4 heteroatoms. The van der Waals surface area contributed by atoms with Crippen LogP contribution in [0.4, 0.5) is 11.4 Å². The smallest absolute Gasteiger partial charge is 0.255 e. The summed E-state index contributed by atoms with van der Waals surface area (Å²) in [4.78, 5) is 17.3. The average molecular weight is 351 g/mol. The number of rotatable bonds is 5. The fourth-order valence-electron chi connectivity index (χ4n) is 3.35. The van der Waals surface area contributed by atoms with E-state index in [4.69, 9.17) is 0 Å². The van der Waals surface area contributed by atoms with Crippen LogP contribution in [0, 0.1) is 0 Å². The summed E-state index contributed by atoms with van der Waals surface area (Å²) < 4.78 is 0. The standard InChI is InChI=1S/C22H29N3O/c1-4-18-5-9-20(10-6-18)23-22(26)19-7-11-21(12-8-19)25-15-13-24(14-16-25)17(2)3/h5-12,17H,4,13-16H2,1-3H3,(H,23,26). The van der Waals surface area contributed by atoms with Crippen LogP contribution in [0.1, 0.15) is 36.7 Å². The van der Waals surface area contributed by atoms with Crippen LogP contribution in [0.15, 0.2) is 48.5 Å². The first-order valence-corrected chi connectivity index (χ1v) is 9.56. The van der Waals surface area contributed by atoms with Crippen molar-refractivity contribution in [1.29, 1.82) is 0 Å². The van der Waals surface area contributed by atoms with Gasteiger partial charge in [-0.05, 0) is 62.2 Å². The summed E-state index contributed by atoms with van der Waals surface area (Å²) in [5.74, 6) is -0.0644. The molecular weight excluding hydrogens is 322 g/mol. The third-order valence-electron chi connectivity index (χ3n) is 5.16. The van der Waals surface area contributed by atoms with Gasteiger partial charge in [0, 0.05) is 49.2 Å². The molecule has 3 rings (SSSR count). The van der Waals surface area contributed by atoms with Crippen molar-refractivity contribution in [2.75, 3.05) is 36.4 Å². The molecule has 1 saturated heterocycles. The number of aryl methyl sites for hydroxylation is 1. The molecule has 0 spiro atoms. The van der Waals surface area contributed by atoms with Crippen molar-refractivity contribution >= 4 is 17.3 Å². The van der Waals surface area contributed by atoms with Gasteiger partial charge in [0.15, 0.2) is 0 Å². The number of carbonyl (C=O) groups excluding carboxylic acids is 1. The minimum absolute atomic E-state index is 0.0644. The van der Waals surface area contributed by atoms with E-state index in [1.807, 2.05) is 24.3 Å². The van der Waals surface area contributed by atoms with Crippen molar-refractivity contribution in [2.24, 2.45) is 0 Å². The maximum absolute atomic E-state index is 12.4. The fraction of sp³-hybridized carbons (Fsp3) is 0.409. The normalized spacial score (nSPS) is 15.3. The largest absolute Gasteiger partial charge is 0.369 e. The van der Waals surface area contributed by atoms with Crippen molar-refractivity contribution in [2.45, 2.75) is 33.2 Å². The molecule has 0 radical (unpaired) electrons. The Morgan fingerprint density at radius 1 is 0.962 bits per heavy atom. The van der Waals surface area contributed by atoms with E-state index in [1.165, 1.54) is 11.3 Å². The van der Waals surface area contributed by atoms with E-state index in [9.17, 15) is 4.79 Å². The van der Waals surface area contributed by atoms with Gasteiger partial charge in [-0.1, -0.05) is 19.1 Å². The van der Waals surface area contributed by atoms with Crippen molar-refractivity contribution in [1.82, 2.24) is 4.90 Å².